The van der Waals surface area contributed by atoms with Crippen molar-refractivity contribution in [3.05, 3.63) is 28.8 Å². The van der Waals surface area contributed by atoms with Gasteiger partial charge in [0.2, 0.25) is 5.95 Å². The zero-order chi connectivity index (χ0) is 12.3. The molecule has 0 spiro atoms. The molecule has 0 aliphatic rings. The highest BCUT2D eigenvalue weighted by atomic mass is 35.5. The van der Waals surface area contributed by atoms with Crippen LogP contribution in [0.3, 0.4) is 0 Å². The molecular formula is C9H7ClF3NO2. The fourth-order valence-electron chi connectivity index (χ4n) is 1.18. The average Bonchev–Trinajstić information content (AvgIpc) is 2.15. The number of halogens is 4. The predicted molar refractivity (Wildman–Crippen MR) is 50.0 cm³/mol. The van der Waals surface area contributed by atoms with Crippen LogP contribution in [0.4, 0.5) is 13.2 Å². The zero-order valence-corrected chi connectivity index (χ0v) is 8.64. The molecule has 1 aromatic rings. The number of carbonyl (C=O) groups is 1. The molecule has 3 nitrogen and oxygen atoms in total. The van der Waals surface area contributed by atoms with E-state index in [0.29, 0.717) is 0 Å². The van der Waals surface area contributed by atoms with Crippen LogP contribution in [0.5, 0.6) is 0 Å². The van der Waals surface area contributed by atoms with E-state index >= 15 is 0 Å². The van der Waals surface area contributed by atoms with Gasteiger partial charge in [-0.15, -0.1) is 11.6 Å². The molecule has 0 aliphatic heterocycles. The fraction of sp³-hybridized carbons (Fsp3) is 0.333. The van der Waals surface area contributed by atoms with Gasteiger partial charge in [0.1, 0.15) is 0 Å². The topological polar surface area (TPSA) is 50.2 Å². The normalized spacial score (nSPS) is 10.8. The molecule has 7 heteroatoms. The Morgan fingerprint density at radius 2 is 2.19 bits per heavy atom. The van der Waals surface area contributed by atoms with Crippen LogP contribution in [0.1, 0.15) is 23.2 Å². The summed E-state index contributed by atoms with van der Waals surface area (Å²) in [6, 6.07) is 0.861. The molecule has 88 valence electrons. The Balaban J connectivity index is 3.22. The third kappa shape index (κ3) is 2.85. The second-order valence-electron chi connectivity index (χ2n) is 2.98. The first-order valence-electron chi connectivity index (χ1n) is 4.19. The van der Waals surface area contributed by atoms with Crippen LogP contribution in [-0.4, -0.2) is 16.1 Å². The van der Waals surface area contributed by atoms with Crippen molar-refractivity contribution in [1.29, 1.82) is 0 Å². The zero-order valence-electron chi connectivity index (χ0n) is 7.88. The lowest BCUT2D eigenvalue weighted by Crippen LogP contribution is -2.08. The molecule has 0 saturated heterocycles. The molecule has 0 amide bonds. The summed E-state index contributed by atoms with van der Waals surface area (Å²) in [6.45, 7) is 0. The summed E-state index contributed by atoms with van der Waals surface area (Å²) < 4.78 is 38.2. The van der Waals surface area contributed by atoms with Crippen molar-refractivity contribution in [1.82, 2.24) is 4.98 Å². The number of hydrogen-bond donors (Lipinski definition) is 1. The van der Waals surface area contributed by atoms with Gasteiger partial charge in [-0.3, -0.25) is 4.79 Å². The molecule has 16 heavy (non-hydrogen) atoms. The number of carboxylic acids is 1. The number of aromatic nitrogens is 1. The number of nitrogens with zero attached hydrogens (tertiary/aromatic N) is 1. The molecule has 0 aliphatic carbocycles. The van der Waals surface area contributed by atoms with Gasteiger partial charge in [0.15, 0.2) is 0 Å². The molecule has 1 rings (SSSR count). The Bertz CT molecular complexity index is 412. The summed E-state index contributed by atoms with van der Waals surface area (Å²) >= 11 is 5.31. The SMILES string of the molecule is O=C(O)Cc1cc(C(F)F)c(CCl)c(F)n1. The van der Waals surface area contributed by atoms with E-state index in [4.69, 9.17) is 16.7 Å². The molecule has 1 heterocycles. The van der Waals surface area contributed by atoms with Crippen LogP contribution in [-0.2, 0) is 17.1 Å². The first-order chi connectivity index (χ1) is 7.45. The molecule has 0 unspecified atom stereocenters. The molecule has 0 saturated carbocycles. The smallest absolute Gasteiger partial charge is 0.309 e. The summed E-state index contributed by atoms with van der Waals surface area (Å²) in [6.07, 6.45) is -3.53. The van der Waals surface area contributed by atoms with Gasteiger partial charge in [-0.2, -0.15) is 4.39 Å². The second-order valence-corrected chi connectivity index (χ2v) is 3.24. The lowest BCUT2D eigenvalue weighted by atomic mass is 10.1. The van der Waals surface area contributed by atoms with E-state index in [0.717, 1.165) is 6.07 Å². The second kappa shape index (κ2) is 5.16. The van der Waals surface area contributed by atoms with Crippen molar-refractivity contribution >= 4 is 17.6 Å². The Morgan fingerprint density at radius 1 is 1.56 bits per heavy atom. The molecule has 0 aromatic carbocycles. The highest BCUT2D eigenvalue weighted by Gasteiger charge is 2.19. The molecule has 0 radical (unpaired) electrons. The van der Waals surface area contributed by atoms with Gasteiger partial charge in [0, 0.05) is 11.1 Å². The van der Waals surface area contributed by atoms with E-state index in [9.17, 15) is 18.0 Å². The average molecular weight is 254 g/mol. The summed E-state index contributed by atoms with van der Waals surface area (Å²) in [7, 11) is 0. The first kappa shape index (κ1) is 12.8. The van der Waals surface area contributed by atoms with Crippen molar-refractivity contribution in [3.63, 3.8) is 0 Å². The van der Waals surface area contributed by atoms with Crippen molar-refractivity contribution in [2.75, 3.05) is 0 Å². The predicted octanol–water partition coefficient (Wildman–Crippen LogP) is 2.52. The maximum absolute atomic E-state index is 13.2. The van der Waals surface area contributed by atoms with E-state index in [-0.39, 0.29) is 5.69 Å². The minimum absolute atomic E-state index is 0.255. The van der Waals surface area contributed by atoms with Crippen molar-refractivity contribution in [2.45, 2.75) is 18.7 Å². The maximum Gasteiger partial charge on any atom is 0.309 e. The number of carboxylic acid groups (broad SMARTS) is 1. The standard InChI is InChI=1S/C9H7ClF3NO2/c10-3-6-5(8(11)12)1-4(2-7(15)16)14-9(6)13/h1,8H,2-3H2,(H,15,16). The quantitative estimate of drug-likeness (QED) is 0.663. The lowest BCUT2D eigenvalue weighted by molar-refractivity contribution is -0.136. The number of aliphatic carboxylic acids is 1. The van der Waals surface area contributed by atoms with E-state index in [2.05, 4.69) is 4.98 Å². The molecule has 0 bridgehead atoms. The summed E-state index contributed by atoms with van der Waals surface area (Å²) in [5.41, 5.74) is -1.27. The third-order valence-electron chi connectivity index (χ3n) is 1.86. The number of hydrogen-bond acceptors (Lipinski definition) is 2. The third-order valence-corrected chi connectivity index (χ3v) is 2.13. The van der Waals surface area contributed by atoms with Gasteiger partial charge in [-0.05, 0) is 6.07 Å². The van der Waals surface area contributed by atoms with Crippen molar-refractivity contribution < 1.29 is 23.1 Å². The molecule has 1 N–H and O–H groups in total. The highest BCUT2D eigenvalue weighted by molar-refractivity contribution is 6.17. The van der Waals surface area contributed by atoms with Crippen LogP contribution in [0.25, 0.3) is 0 Å². The minimum Gasteiger partial charge on any atom is -0.481 e. The van der Waals surface area contributed by atoms with Crippen LogP contribution in [0.2, 0.25) is 0 Å². The number of pyridine rings is 1. The fourth-order valence-corrected chi connectivity index (χ4v) is 1.45. The van der Waals surface area contributed by atoms with Crippen LogP contribution < -0.4 is 0 Å². The van der Waals surface area contributed by atoms with E-state index in [1.807, 2.05) is 0 Å². The number of rotatable bonds is 4. The van der Waals surface area contributed by atoms with Crippen molar-refractivity contribution in [3.8, 4) is 0 Å². The van der Waals surface area contributed by atoms with Gasteiger partial charge >= 0.3 is 5.97 Å². The summed E-state index contributed by atoms with van der Waals surface area (Å²) in [4.78, 5) is 13.6. The summed E-state index contributed by atoms with van der Waals surface area (Å²) in [5, 5.41) is 8.44. The molecule has 1 aromatic heterocycles. The minimum atomic E-state index is -2.92. The van der Waals surface area contributed by atoms with Crippen molar-refractivity contribution in [2.24, 2.45) is 0 Å². The van der Waals surface area contributed by atoms with Gasteiger partial charge < -0.3 is 5.11 Å². The van der Waals surface area contributed by atoms with E-state index < -0.39 is 41.8 Å². The Kier molecular flexibility index (Phi) is 4.12. The van der Waals surface area contributed by atoms with Gasteiger partial charge in [-0.1, -0.05) is 0 Å². The van der Waals surface area contributed by atoms with Crippen LogP contribution in [0.15, 0.2) is 6.07 Å². The molecule has 0 fully saturated rings. The van der Waals surface area contributed by atoms with E-state index in [1.54, 1.807) is 0 Å². The maximum atomic E-state index is 13.2. The van der Waals surface area contributed by atoms with Gasteiger partial charge in [0.25, 0.3) is 6.43 Å². The van der Waals surface area contributed by atoms with Gasteiger partial charge in [0.05, 0.1) is 18.0 Å². The Morgan fingerprint density at radius 3 is 2.62 bits per heavy atom. The highest BCUT2D eigenvalue weighted by Crippen LogP contribution is 2.26. The molecular weight excluding hydrogens is 247 g/mol. The lowest BCUT2D eigenvalue weighted by Gasteiger charge is -2.08. The monoisotopic (exact) mass is 253 g/mol. The Labute approximate surface area is 93.9 Å². The van der Waals surface area contributed by atoms with Crippen LogP contribution in [0, 0.1) is 5.95 Å². The largest absolute Gasteiger partial charge is 0.481 e. The van der Waals surface area contributed by atoms with Gasteiger partial charge in [-0.25, -0.2) is 13.8 Å². The van der Waals surface area contributed by atoms with Crippen LogP contribution >= 0.6 is 11.6 Å². The number of alkyl halides is 3. The Hall–Kier alpha value is -1.30. The first-order valence-corrected chi connectivity index (χ1v) is 4.73. The van der Waals surface area contributed by atoms with E-state index in [1.165, 1.54) is 0 Å². The molecule has 0 atom stereocenters. The summed E-state index contributed by atoms with van der Waals surface area (Å²) in [5.74, 6) is -2.86.